The van der Waals surface area contributed by atoms with Crippen LogP contribution in [0, 0.1) is 5.82 Å². The molecule has 43 heavy (non-hydrogen) atoms. The number of carbonyl (C=O) groups is 1. The summed E-state index contributed by atoms with van der Waals surface area (Å²) in [7, 11) is 0. The molecule has 0 aliphatic carbocycles. The Balaban J connectivity index is 1.10. The van der Waals surface area contributed by atoms with Crippen LogP contribution in [0.2, 0.25) is 5.02 Å². The van der Waals surface area contributed by atoms with E-state index in [0.29, 0.717) is 34.2 Å². The van der Waals surface area contributed by atoms with Gasteiger partial charge in [-0.05, 0) is 55.8 Å². The van der Waals surface area contributed by atoms with Gasteiger partial charge < -0.3 is 28.8 Å². The standard InChI is InChI=1S/C31H31ClFN5O5/c1-18(28-34-23-8-9-24(30(39)40)35-29(23)38(28)17-20-10-15-41-20)36-11-13-37(14-12-36)25-4-3-5-26-27(25)43-31(2,42-26)21-7-6-19(32)16-22(21)33/h3-9,16,18,20H,10-15,17H2,1-2H3,(H,39,40)/t18?,20-,31-/m0/s1. The van der Waals surface area contributed by atoms with Gasteiger partial charge in [0.2, 0.25) is 0 Å². The zero-order valence-electron chi connectivity index (χ0n) is 23.8. The Kier molecular flexibility index (Phi) is 6.91. The molecule has 0 radical (unpaired) electrons. The van der Waals surface area contributed by atoms with E-state index in [2.05, 4.69) is 21.7 Å². The van der Waals surface area contributed by atoms with Crippen LogP contribution in [0.4, 0.5) is 10.1 Å². The Hall–Kier alpha value is -3.93. The van der Waals surface area contributed by atoms with Gasteiger partial charge in [-0.2, -0.15) is 0 Å². The summed E-state index contributed by atoms with van der Waals surface area (Å²) in [5.41, 5.74) is 2.39. The largest absolute Gasteiger partial charge is 0.477 e. The smallest absolute Gasteiger partial charge is 0.354 e. The van der Waals surface area contributed by atoms with Gasteiger partial charge in [-0.25, -0.2) is 19.2 Å². The van der Waals surface area contributed by atoms with E-state index in [1.807, 2.05) is 22.8 Å². The molecule has 1 unspecified atom stereocenters. The maximum Gasteiger partial charge on any atom is 0.354 e. The van der Waals surface area contributed by atoms with E-state index in [1.54, 1.807) is 25.1 Å². The lowest BCUT2D eigenvalue weighted by atomic mass is 10.1. The number of hydrogen-bond acceptors (Lipinski definition) is 8. The Labute approximate surface area is 252 Å². The first-order chi connectivity index (χ1) is 20.7. The van der Waals surface area contributed by atoms with Gasteiger partial charge in [0.25, 0.3) is 5.79 Å². The molecule has 0 bridgehead atoms. The van der Waals surface area contributed by atoms with Gasteiger partial charge in [0.05, 0.1) is 29.9 Å². The molecule has 1 N–H and O–H groups in total. The molecule has 3 aliphatic rings. The monoisotopic (exact) mass is 607 g/mol. The number of benzene rings is 2. The van der Waals surface area contributed by atoms with Crippen molar-refractivity contribution in [1.82, 2.24) is 19.4 Å². The highest BCUT2D eigenvalue weighted by molar-refractivity contribution is 6.30. The van der Waals surface area contributed by atoms with Gasteiger partial charge in [-0.1, -0.05) is 17.7 Å². The van der Waals surface area contributed by atoms with Crippen LogP contribution in [-0.4, -0.2) is 69.4 Å². The molecule has 7 rings (SSSR count). The molecule has 5 heterocycles. The molecule has 224 valence electrons. The van der Waals surface area contributed by atoms with E-state index in [9.17, 15) is 14.3 Å². The quantitative estimate of drug-likeness (QED) is 0.302. The van der Waals surface area contributed by atoms with Crippen molar-refractivity contribution in [3.8, 4) is 11.5 Å². The van der Waals surface area contributed by atoms with Crippen LogP contribution in [0.1, 0.15) is 48.2 Å². The number of nitrogens with zero attached hydrogens (tertiary/aromatic N) is 5. The zero-order valence-corrected chi connectivity index (χ0v) is 24.6. The lowest BCUT2D eigenvalue weighted by molar-refractivity contribution is -0.0705. The molecular formula is C31H31ClFN5O5. The van der Waals surface area contributed by atoms with E-state index in [-0.39, 0.29) is 23.4 Å². The molecule has 0 amide bonds. The van der Waals surface area contributed by atoms with Crippen LogP contribution in [0.25, 0.3) is 11.2 Å². The predicted octanol–water partition coefficient (Wildman–Crippen LogP) is 5.24. The highest BCUT2D eigenvalue weighted by Crippen LogP contribution is 2.50. The molecule has 10 nitrogen and oxygen atoms in total. The van der Waals surface area contributed by atoms with Crippen molar-refractivity contribution in [2.24, 2.45) is 0 Å². The number of para-hydroxylation sites is 1. The number of anilines is 1. The molecular weight excluding hydrogens is 577 g/mol. The number of hydrogen-bond donors (Lipinski definition) is 1. The normalized spacial score (nSPS) is 22.5. The maximum atomic E-state index is 14.8. The minimum Gasteiger partial charge on any atom is -0.477 e. The van der Waals surface area contributed by atoms with Crippen molar-refractivity contribution in [2.45, 2.75) is 44.7 Å². The fourth-order valence-corrected chi connectivity index (χ4v) is 6.27. The van der Waals surface area contributed by atoms with Crippen molar-refractivity contribution >= 4 is 34.4 Å². The summed E-state index contributed by atoms with van der Waals surface area (Å²) in [6.07, 6.45) is 1.01. The SMILES string of the molecule is CC(c1nc2ccc(C(=O)O)nc2n1C[C@@H]1CCO1)N1CCN(c2cccc3c2O[C@@](C)(c2ccc(Cl)cc2F)O3)CC1. The molecule has 4 aromatic rings. The third-order valence-corrected chi connectivity index (χ3v) is 8.81. The number of halogens is 2. The van der Waals surface area contributed by atoms with Crippen LogP contribution in [0.15, 0.2) is 48.5 Å². The topological polar surface area (TPSA) is 102 Å². The van der Waals surface area contributed by atoms with E-state index < -0.39 is 17.6 Å². The van der Waals surface area contributed by atoms with Crippen molar-refractivity contribution in [1.29, 1.82) is 0 Å². The minimum absolute atomic E-state index is 0.00696. The summed E-state index contributed by atoms with van der Waals surface area (Å²) in [6, 6.07) is 13.4. The summed E-state index contributed by atoms with van der Waals surface area (Å²) in [5, 5.41) is 9.82. The lowest BCUT2D eigenvalue weighted by Gasteiger charge is -2.39. The van der Waals surface area contributed by atoms with E-state index in [4.69, 9.17) is 30.8 Å². The van der Waals surface area contributed by atoms with Crippen molar-refractivity contribution in [3.63, 3.8) is 0 Å². The van der Waals surface area contributed by atoms with Gasteiger partial charge in [0, 0.05) is 44.7 Å². The van der Waals surface area contributed by atoms with E-state index in [0.717, 1.165) is 50.7 Å². The summed E-state index contributed by atoms with van der Waals surface area (Å²) >= 11 is 5.97. The first kappa shape index (κ1) is 27.9. The lowest BCUT2D eigenvalue weighted by Crippen LogP contribution is -2.47. The second-order valence-electron chi connectivity index (χ2n) is 11.3. The second kappa shape index (κ2) is 10.7. The molecule has 0 spiro atoms. The molecule has 3 atom stereocenters. The van der Waals surface area contributed by atoms with Crippen LogP contribution < -0.4 is 14.4 Å². The third kappa shape index (κ3) is 4.95. The van der Waals surface area contributed by atoms with Crippen molar-refractivity contribution in [3.05, 3.63) is 76.5 Å². The minimum atomic E-state index is -1.32. The number of carboxylic acids is 1. The Morgan fingerprint density at radius 2 is 1.93 bits per heavy atom. The highest BCUT2D eigenvalue weighted by atomic mass is 35.5. The van der Waals surface area contributed by atoms with Gasteiger partial charge in [-0.15, -0.1) is 0 Å². The summed E-state index contributed by atoms with van der Waals surface area (Å²) in [5.74, 6) is -0.890. The fraction of sp³-hybridized carbons (Fsp3) is 0.387. The number of aromatic nitrogens is 3. The van der Waals surface area contributed by atoms with Crippen LogP contribution in [0.5, 0.6) is 11.5 Å². The van der Waals surface area contributed by atoms with Crippen LogP contribution in [-0.2, 0) is 17.1 Å². The van der Waals surface area contributed by atoms with E-state index >= 15 is 0 Å². The molecule has 2 fully saturated rings. The molecule has 0 saturated carbocycles. The summed E-state index contributed by atoms with van der Waals surface area (Å²) in [6.45, 7) is 8.09. The van der Waals surface area contributed by atoms with Gasteiger partial charge in [0.15, 0.2) is 22.8 Å². The fourth-order valence-electron chi connectivity index (χ4n) is 6.11. The molecule has 3 aliphatic heterocycles. The number of carboxylic acid groups (broad SMARTS) is 1. The molecule has 2 aromatic carbocycles. The highest BCUT2D eigenvalue weighted by Gasteiger charge is 2.43. The third-order valence-electron chi connectivity index (χ3n) is 8.58. The zero-order chi connectivity index (χ0) is 29.9. The predicted molar refractivity (Wildman–Crippen MR) is 158 cm³/mol. The number of fused-ring (bicyclic) bond motifs is 2. The molecule has 12 heteroatoms. The number of imidazole rings is 1. The number of rotatable bonds is 7. The number of ether oxygens (including phenoxy) is 3. The molecule has 2 saturated heterocycles. The number of pyridine rings is 1. The summed E-state index contributed by atoms with van der Waals surface area (Å²) in [4.78, 5) is 25.6. The Morgan fingerprint density at radius 3 is 2.63 bits per heavy atom. The van der Waals surface area contributed by atoms with Gasteiger partial charge in [0.1, 0.15) is 17.2 Å². The first-order valence-electron chi connectivity index (χ1n) is 14.4. The van der Waals surface area contributed by atoms with Crippen molar-refractivity contribution in [2.75, 3.05) is 37.7 Å². The average Bonchev–Trinajstić information content (AvgIpc) is 3.51. The molecule has 2 aromatic heterocycles. The average molecular weight is 608 g/mol. The van der Waals surface area contributed by atoms with Crippen LogP contribution in [0.3, 0.4) is 0 Å². The van der Waals surface area contributed by atoms with E-state index in [1.165, 1.54) is 12.1 Å². The Bertz CT molecular complexity index is 1720. The van der Waals surface area contributed by atoms with Crippen molar-refractivity contribution < 1.29 is 28.5 Å². The summed E-state index contributed by atoms with van der Waals surface area (Å²) < 4.78 is 35.0. The number of aromatic carboxylic acids is 1. The van der Waals surface area contributed by atoms with Gasteiger partial charge in [-0.3, -0.25) is 4.90 Å². The Morgan fingerprint density at radius 1 is 1.14 bits per heavy atom. The maximum absolute atomic E-state index is 14.8. The number of piperazine rings is 1. The van der Waals surface area contributed by atoms with Crippen LogP contribution >= 0.6 is 11.6 Å². The first-order valence-corrected chi connectivity index (χ1v) is 14.8. The van der Waals surface area contributed by atoms with Gasteiger partial charge >= 0.3 is 5.97 Å². The second-order valence-corrected chi connectivity index (χ2v) is 11.7.